The molecule has 5 heteroatoms. The fraction of sp³-hybridized carbons (Fsp3) is 0.133. The lowest BCUT2D eigenvalue weighted by atomic mass is 10.1. The van der Waals surface area contributed by atoms with Crippen LogP contribution in [0.5, 0.6) is 0 Å². The molecule has 0 aliphatic carbocycles. The third-order valence-corrected chi connectivity index (χ3v) is 2.94. The van der Waals surface area contributed by atoms with E-state index in [0.717, 1.165) is 17.7 Å². The zero-order chi connectivity index (χ0) is 14.5. The molecule has 20 heavy (non-hydrogen) atoms. The number of anilines is 2. The normalized spacial score (nSPS) is 10.2. The standard InChI is InChI=1S/C15H15FN2O2/c16-11-3-1-10(2-4-11)7-8-18-12-5-6-13(15(19)20)14(17)9-12/h1-6,9,18H,7-8,17H2,(H,19,20). The second-order valence-corrected chi connectivity index (χ2v) is 4.41. The fourth-order valence-electron chi connectivity index (χ4n) is 1.87. The highest BCUT2D eigenvalue weighted by atomic mass is 19.1. The van der Waals surface area contributed by atoms with E-state index in [1.165, 1.54) is 18.2 Å². The number of carboxylic acids is 1. The molecule has 0 amide bonds. The molecule has 0 heterocycles. The molecule has 0 saturated heterocycles. The molecule has 0 aliphatic heterocycles. The van der Waals surface area contributed by atoms with Crippen molar-refractivity contribution in [1.29, 1.82) is 0 Å². The Kier molecular flexibility index (Phi) is 4.20. The van der Waals surface area contributed by atoms with E-state index in [2.05, 4.69) is 5.32 Å². The first-order chi connectivity index (χ1) is 9.56. The van der Waals surface area contributed by atoms with Crippen molar-refractivity contribution in [2.75, 3.05) is 17.6 Å². The van der Waals surface area contributed by atoms with E-state index in [4.69, 9.17) is 10.8 Å². The Bertz CT molecular complexity index is 612. The number of hydrogen-bond acceptors (Lipinski definition) is 3. The highest BCUT2D eigenvalue weighted by molar-refractivity contribution is 5.94. The summed E-state index contributed by atoms with van der Waals surface area (Å²) in [6.45, 7) is 0.650. The van der Waals surface area contributed by atoms with Gasteiger partial charge in [-0.25, -0.2) is 9.18 Å². The third-order valence-electron chi connectivity index (χ3n) is 2.94. The van der Waals surface area contributed by atoms with Gasteiger partial charge < -0.3 is 16.2 Å². The van der Waals surface area contributed by atoms with Crippen LogP contribution >= 0.6 is 0 Å². The van der Waals surface area contributed by atoms with E-state index in [9.17, 15) is 9.18 Å². The van der Waals surface area contributed by atoms with E-state index in [1.807, 2.05) is 0 Å². The monoisotopic (exact) mass is 274 g/mol. The Morgan fingerprint density at radius 1 is 1.20 bits per heavy atom. The summed E-state index contributed by atoms with van der Waals surface area (Å²) in [5, 5.41) is 12.0. The molecule has 4 N–H and O–H groups in total. The van der Waals surface area contributed by atoms with Gasteiger partial charge in [0.25, 0.3) is 0 Å². The van der Waals surface area contributed by atoms with Crippen molar-refractivity contribution < 1.29 is 14.3 Å². The van der Waals surface area contributed by atoms with Gasteiger partial charge in [-0.3, -0.25) is 0 Å². The molecule has 0 radical (unpaired) electrons. The van der Waals surface area contributed by atoms with Crippen molar-refractivity contribution >= 4 is 17.3 Å². The van der Waals surface area contributed by atoms with Crippen LogP contribution in [0.15, 0.2) is 42.5 Å². The number of nitrogens with one attached hydrogen (secondary N) is 1. The number of nitrogens with two attached hydrogens (primary N) is 1. The summed E-state index contributed by atoms with van der Waals surface area (Å²) in [7, 11) is 0. The lowest BCUT2D eigenvalue weighted by Crippen LogP contribution is -2.07. The maximum absolute atomic E-state index is 12.7. The molecule has 0 unspecified atom stereocenters. The number of rotatable bonds is 5. The number of carboxylic acid groups (broad SMARTS) is 1. The van der Waals surface area contributed by atoms with E-state index < -0.39 is 5.97 Å². The number of hydrogen-bond donors (Lipinski definition) is 3. The van der Waals surface area contributed by atoms with Gasteiger partial charge >= 0.3 is 5.97 Å². The Morgan fingerprint density at radius 3 is 2.50 bits per heavy atom. The predicted octanol–water partition coefficient (Wildman–Crippen LogP) is 2.76. The largest absolute Gasteiger partial charge is 0.478 e. The van der Waals surface area contributed by atoms with Gasteiger partial charge in [0.1, 0.15) is 5.82 Å². The molecular formula is C15H15FN2O2. The molecule has 4 nitrogen and oxygen atoms in total. The van der Waals surface area contributed by atoms with Crippen molar-refractivity contribution in [2.24, 2.45) is 0 Å². The highest BCUT2D eigenvalue weighted by Crippen LogP contribution is 2.18. The Balaban J connectivity index is 1.92. The van der Waals surface area contributed by atoms with Crippen molar-refractivity contribution in [2.45, 2.75) is 6.42 Å². The molecule has 0 spiro atoms. The molecule has 104 valence electrons. The van der Waals surface area contributed by atoms with Crippen molar-refractivity contribution in [1.82, 2.24) is 0 Å². The molecular weight excluding hydrogens is 259 g/mol. The molecule has 0 bridgehead atoms. The number of carbonyl (C=O) groups is 1. The van der Waals surface area contributed by atoms with Crippen LogP contribution in [-0.4, -0.2) is 17.6 Å². The SMILES string of the molecule is Nc1cc(NCCc2ccc(F)cc2)ccc1C(=O)O. The quantitative estimate of drug-likeness (QED) is 0.733. The summed E-state index contributed by atoms with van der Waals surface area (Å²) in [4.78, 5) is 10.8. The lowest BCUT2D eigenvalue weighted by molar-refractivity contribution is 0.0698. The lowest BCUT2D eigenvalue weighted by Gasteiger charge is -2.08. The first kappa shape index (κ1) is 13.9. The average Bonchev–Trinajstić information content (AvgIpc) is 2.41. The van der Waals surface area contributed by atoms with Gasteiger partial charge in [0.15, 0.2) is 0 Å². The van der Waals surface area contributed by atoms with Gasteiger partial charge in [-0.1, -0.05) is 12.1 Å². The first-order valence-electron chi connectivity index (χ1n) is 6.17. The van der Waals surface area contributed by atoms with E-state index >= 15 is 0 Å². The van der Waals surface area contributed by atoms with Crippen LogP contribution in [0.1, 0.15) is 15.9 Å². The second kappa shape index (κ2) is 6.06. The Labute approximate surface area is 116 Å². The van der Waals surface area contributed by atoms with E-state index in [-0.39, 0.29) is 17.1 Å². The highest BCUT2D eigenvalue weighted by Gasteiger charge is 2.07. The summed E-state index contributed by atoms with van der Waals surface area (Å²) < 4.78 is 12.7. The van der Waals surface area contributed by atoms with Crippen LogP contribution in [0, 0.1) is 5.82 Å². The minimum Gasteiger partial charge on any atom is -0.478 e. The predicted molar refractivity (Wildman–Crippen MR) is 76.4 cm³/mol. The van der Waals surface area contributed by atoms with Crippen molar-refractivity contribution in [3.8, 4) is 0 Å². The molecule has 0 saturated carbocycles. The van der Waals surface area contributed by atoms with Gasteiger partial charge in [-0.2, -0.15) is 0 Å². The topological polar surface area (TPSA) is 75.3 Å². The number of benzene rings is 2. The third kappa shape index (κ3) is 3.47. The van der Waals surface area contributed by atoms with E-state index in [1.54, 1.807) is 24.3 Å². The second-order valence-electron chi connectivity index (χ2n) is 4.41. The molecule has 0 aliphatic rings. The van der Waals surface area contributed by atoms with Crippen molar-refractivity contribution in [3.05, 3.63) is 59.4 Å². The summed E-state index contributed by atoms with van der Waals surface area (Å²) in [6.07, 6.45) is 0.737. The van der Waals surface area contributed by atoms with Gasteiger partial charge in [-0.05, 0) is 42.3 Å². The molecule has 2 rings (SSSR count). The van der Waals surface area contributed by atoms with Gasteiger partial charge in [0, 0.05) is 17.9 Å². The summed E-state index contributed by atoms with van der Waals surface area (Å²) in [5.74, 6) is -1.29. The summed E-state index contributed by atoms with van der Waals surface area (Å²) in [5.41, 5.74) is 7.76. The van der Waals surface area contributed by atoms with Crippen LogP contribution in [-0.2, 0) is 6.42 Å². The summed E-state index contributed by atoms with van der Waals surface area (Å²) >= 11 is 0. The van der Waals surface area contributed by atoms with Gasteiger partial charge in [0.2, 0.25) is 0 Å². The molecule has 2 aromatic rings. The zero-order valence-electron chi connectivity index (χ0n) is 10.8. The molecule has 0 atom stereocenters. The number of nitrogen functional groups attached to an aromatic ring is 1. The fourth-order valence-corrected chi connectivity index (χ4v) is 1.87. The Hall–Kier alpha value is -2.56. The van der Waals surface area contributed by atoms with Crippen LogP contribution in [0.4, 0.5) is 15.8 Å². The number of aromatic carboxylic acids is 1. The first-order valence-corrected chi connectivity index (χ1v) is 6.17. The minimum atomic E-state index is -1.04. The average molecular weight is 274 g/mol. The molecule has 2 aromatic carbocycles. The van der Waals surface area contributed by atoms with E-state index in [0.29, 0.717) is 6.54 Å². The zero-order valence-corrected chi connectivity index (χ0v) is 10.8. The maximum atomic E-state index is 12.7. The molecule has 0 fully saturated rings. The van der Waals surface area contributed by atoms with Crippen LogP contribution in [0.2, 0.25) is 0 Å². The molecule has 0 aromatic heterocycles. The van der Waals surface area contributed by atoms with Crippen LogP contribution in [0.3, 0.4) is 0 Å². The summed E-state index contributed by atoms with van der Waals surface area (Å²) in [6, 6.07) is 11.1. The van der Waals surface area contributed by atoms with Gasteiger partial charge in [-0.15, -0.1) is 0 Å². The Morgan fingerprint density at radius 2 is 1.90 bits per heavy atom. The smallest absolute Gasteiger partial charge is 0.337 e. The minimum absolute atomic E-state index is 0.0917. The van der Waals surface area contributed by atoms with Gasteiger partial charge in [0.05, 0.1) is 5.56 Å². The maximum Gasteiger partial charge on any atom is 0.337 e. The van der Waals surface area contributed by atoms with Crippen LogP contribution in [0.25, 0.3) is 0 Å². The van der Waals surface area contributed by atoms with Crippen LogP contribution < -0.4 is 11.1 Å². The van der Waals surface area contributed by atoms with Crippen molar-refractivity contribution in [3.63, 3.8) is 0 Å². The number of halogens is 1.